The maximum absolute atomic E-state index is 12.3. The number of sulfonamides is 1. The molecule has 0 aliphatic rings. The predicted molar refractivity (Wildman–Crippen MR) is 84.6 cm³/mol. The molecule has 0 radical (unpaired) electrons. The van der Waals surface area contributed by atoms with Crippen LogP contribution in [0, 0.1) is 6.92 Å². The first-order chi connectivity index (χ1) is 9.29. The van der Waals surface area contributed by atoms with Gasteiger partial charge in [-0.25, -0.2) is 8.42 Å². The minimum atomic E-state index is -3.60. The summed E-state index contributed by atoms with van der Waals surface area (Å²) < 4.78 is 28.1. The van der Waals surface area contributed by atoms with E-state index < -0.39 is 16.1 Å². The summed E-state index contributed by atoms with van der Waals surface area (Å²) in [6.07, 6.45) is -0.641. The summed E-state index contributed by atoms with van der Waals surface area (Å²) >= 11 is 4.49. The quantitative estimate of drug-likeness (QED) is 0.856. The molecule has 7 heteroatoms. The molecule has 20 heavy (non-hydrogen) atoms. The van der Waals surface area contributed by atoms with Gasteiger partial charge in [-0.05, 0) is 59.1 Å². The number of anilines is 1. The summed E-state index contributed by atoms with van der Waals surface area (Å²) in [7, 11) is -3.60. The number of hydrogen-bond donors (Lipinski definition) is 2. The number of halogens is 1. The Balaban J connectivity index is 2.31. The molecule has 1 atom stereocenters. The molecule has 0 saturated heterocycles. The fourth-order valence-corrected chi connectivity index (χ4v) is 4.91. The van der Waals surface area contributed by atoms with Crippen molar-refractivity contribution in [1.29, 1.82) is 0 Å². The smallest absolute Gasteiger partial charge is 0.271 e. The molecule has 1 heterocycles. The van der Waals surface area contributed by atoms with Crippen molar-refractivity contribution in [3.8, 4) is 0 Å². The fraction of sp³-hybridized carbons (Fsp3) is 0.231. The first-order valence-electron chi connectivity index (χ1n) is 5.86. The molecule has 1 aromatic carbocycles. The van der Waals surface area contributed by atoms with Crippen molar-refractivity contribution in [2.75, 3.05) is 4.72 Å². The molecular formula is C13H14BrNO3S2. The van der Waals surface area contributed by atoms with Gasteiger partial charge in [0.15, 0.2) is 0 Å². The van der Waals surface area contributed by atoms with Crippen LogP contribution >= 0.6 is 27.3 Å². The number of rotatable bonds is 4. The van der Waals surface area contributed by atoms with E-state index in [9.17, 15) is 13.5 Å². The van der Waals surface area contributed by atoms with Gasteiger partial charge in [0.1, 0.15) is 4.21 Å². The van der Waals surface area contributed by atoms with E-state index in [2.05, 4.69) is 20.7 Å². The second-order valence-corrected chi connectivity index (χ2v) is 8.71. The summed E-state index contributed by atoms with van der Waals surface area (Å²) in [6.45, 7) is 3.47. The summed E-state index contributed by atoms with van der Waals surface area (Å²) in [5.74, 6) is 0. The van der Waals surface area contributed by atoms with Gasteiger partial charge in [-0.1, -0.05) is 12.1 Å². The lowest BCUT2D eigenvalue weighted by Crippen LogP contribution is -2.11. The number of hydrogen-bond acceptors (Lipinski definition) is 4. The molecule has 0 aliphatic heterocycles. The Morgan fingerprint density at radius 2 is 2.05 bits per heavy atom. The molecule has 0 fully saturated rings. The highest BCUT2D eigenvalue weighted by molar-refractivity contribution is 9.11. The number of thiophene rings is 1. The van der Waals surface area contributed by atoms with Crippen molar-refractivity contribution >= 4 is 43.0 Å². The maximum atomic E-state index is 12.3. The van der Waals surface area contributed by atoms with Crippen LogP contribution in [0.1, 0.15) is 24.2 Å². The van der Waals surface area contributed by atoms with Crippen LogP contribution in [0.5, 0.6) is 0 Å². The molecule has 0 amide bonds. The van der Waals surface area contributed by atoms with Gasteiger partial charge in [-0.2, -0.15) is 0 Å². The lowest BCUT2D eigenvalue weighted by atomic mass is 10.1. The predicted octanol–water partition coefficient (Wildman–Crippen LogP) is 3.67. The molecule has 2 aromatic rings. The summed E-state index contributed by atoms with van der Waals surface area (Å²) in [6, 6.07) is 8.34. The van der Waals surface area contributed by atoms with Crippen LogP contribution in [-0.4, -0.2) is 13.5 Å². The second-order valence-electron chi connectivity index (χ2n) is 4.43. The van der Waals surface area contributed by atoms with E-state index in [1.807, 2.05) is 6.92 Å². The normalized spacial score (nSPS) is 13.2. The topological polar surface area (TPSA) is 66.4 Å². The van der Waals surface area contributed by atoms with Crippen molar-refractivity contribution in [2.24, 2.45) is 0 Å². The second kappa shape index (κ2) is 5.85. The molecule has 108 valence electrons. The average molecular weight is 376 g/mol. The van der Waals surface area contributed by atoms with E-state index in [1.165, 1.54) is 11.3 Å². The highest BCUT2D eigenvalue weighted by Crippen LogP contribution is 2.31. The third kappa shape index (κ3) is 3.41. The van der Waals surface area contributed by atoms with Gasteiger partial charge in [0.25, 0.3) is 10.0 Å². The van der Waals surface area contributed by atoms with Crippen LogP contribution in [0.15, 0.2) is 38.3 Å². The molecule has 0 saturated carbocycles. The first-order valence-corrected chi connectivity index (χ1v) is 8.95. The molecular weight excluding hydrogens is 362 g/mol. The largest absolute Gasteiger partial charge is 0.389 e. The van der Waals surface area contributed by atoms with Crippen LogP contribution < -0.4 is 4.72 Å². The molecule has 2 N–H and O–H groups in total. The molecule has 0 bridgehead atoms. The van der Waals surface area contributed by atoms with Gasteiger partial charge in [0, 0.05) is 5.69 Å². The SMILES string of the molecule is Cc1cc(S(=O)(=O)Nc2cccc(C(C)O)c2)sc1Br. The molecule has 4 nitrogen and oxygen atoms in total. The number of benzene rings is 1. The van der Waals surface area contributed by atoms with Crippen LogP contribution in [0.2, 0.25) is 0 Å². The van der Waals surface area contributed by atoms with E-state index in [0.29, 0.717) is 11.3 Å². The molecule has 0 spiro atoms. The van der Waals surface area contributed by atoms with Gasteiger partial charge in [-0.3, -0.25) is 4.72 Å². The highest BCUT2D eigenvalue weighted by atomic mass is 79.9. The van der Waals surface area contributed by atoms with Gasteiger partial charge in [-0.15, -0.1) is 11.3 Å². The third-order valence-corrected chi connectivity index (χ3v) is 6.71. The Morgan fingerprint density at radius 3 is 2.60 bits per heavy atom. The van der Waals surface area contributed by atoms with E-state index in [-0.39, 0.29) is 4.21 Å². The maximum Gasteiger partial charge on any atom is 0.271 e. The summed E-state index contributed by atoms with van der Waals surface area (Å²) in [5.41, 5.74) is 1.98. The number of aliphatic hydroxyl groups excluding tert-OH is 1. The highest BCUT2D eigenvalue weighted by Gasteiger charge is 2.18. The Hall–Kier alpha value is -0.890. The van der Waals surface area contributed by atoms with Crippen molar-refractivity contribution in [2.45, 2.75) is 24.2 Å². The monoisotopic (exact) mass is 375 g/mol. The van der Waals surface area contributed by atoms with Crippen molar-refractivity contribution in [3.05, 3.63) is 45.2 Å². The molecule has 1 aromatic heterocycles. The summed E-state index contributed by atoms with van der Waals surface area (Å²) in [5, 5.41) is 9.52. The van der Waals surface area contributed by atoms with Gasteiger partial charge in [0.2, 0.25) is 0 Å². The minimum absolute atomic E-state index is 0.254. The standard InChI is InChI=1S/C13H14BrNO3S2/c1-8-6-12(19-13(8)14)20(17,18)15-11-5-3-4-10(7-11)9(2)16/h3-7,9,15-16H,1-2H3. The lowest BCUT2D eigenvalue weighted by Gasteiger charge is -2.09. The van der Waals surface area contributed by atoms with Gasteiger partial charge < -0.3 is 5.11 Å². The Bertz CT molecular complexity index is 703. The van der Waals surface area contributed by atoms with Crippen molar-refractivity contribution < 1.29 is 13.5 Å². The van der Waals surface area contributed by atoms with Crippen LogP contribution in [0.25, 0.3) is 0 Å². The number of aryl methyl sites for hydroxylation is 1. The van der Waals surface area contributed by atoms with Crippen LogP contribution in [0.4, 0.5) is 5.69 Å². The molecule has 0 aliphatic carbocycles. The van der Waals surface area contributed by atoms with E-state index >= 15 is 0 Å². The average Bonchev–Trinajstić information content (AvgIpc) is 2.70. The van der Waals surface area contributed by atoms with Crippen LogP contribution in [-0.2, 0) is 10.0 Å². The van der Waals surface area contributed by atoms with Gasteiger partial charge >= 0.3 is 0 Å². The van der Waals surface area contributed by atoms with E-state index in [0.717, 1.165) is 9.35 Å². The third-order valence-electron chi connectivity index (χ3n) is 2.72. The van der Waals surface area contributed by atoms with Gasteiger partial charge in [0.05, 0.1) is 9.89 Å². The number of nitrogens with one attached hydrogen (secondary N) is 1. The zero-order valence-electron chi connectivity index (χ0n) is 10.9. The van der Waals surface area contributed by atoms with E-state index in [4.69, 9.17) is 0 Å². The Labute approximate surface area is 130 Å². The van der Waals surface area contributed by atoms with Crippen LogP contribution in [0.3, 0.4) is 0 Å². The van der Waals surface area contributed by atoms with Crippen molar-refractivity contribution in [3.63, 3.8) is 0 Å². The van der Waals surface area contributed by atoms with Crippen molar-refractivity contribution in [1.82, 2.24) is 0 Å². The summed E-state index contributed by atoms with van der Waals surface area (Å²) in [4.78, 5) is 0. The minimum Gasteiger partial charge on any atom is -0.389 e. The fourth-order valence-electron chi connectivity index (χ4n) is 1.63. The zero-order chi connectivity index (χ0) is 14.9. The first kappa shape index (κ1) is 15.5. The zero-order valence-corrected chi connectivity index (χ0v) is 14.1. The molecule has 2 rings (SSSR count). The lowest BCUT2D eigenvalue weighted by molar-refractivity contribution is 0.199. The Morgan fingerprint density at radius 1 is 1.35 bits per heavy atom. The molecule has 1 unspecified atom stereocenters. The Kier molecular flexibility index (Phi) is 4.53. The van der Waals surface area contributed by atoms with E-state index in [1.54, 1.807) is 37.3 Å². The number of aliphatic hydroxyl groups is 1.